The van der Waals surface area contributed by atoms with Gasteiger partial charge in [0, 0.05) is 6.42 Å². The highest BCUT2D eigenvalue weighted by atomic mass is 31.2. The Bertz CT molecular complexity index is 223. The lowest BCUT2D eigenvalue weighted by molar-refractivity contribution is -0.917. The second-order valence-electron chi connectivity index (χ2n) is 4.50. The molecule has 1 saturated heterocycles. The predicted octanol–water partition coefficient (Wildman–Crippen LogP) is 0.793. The van der Waals surface area contributed by atoms with Gasteiger partial charge < -0.3 is 14.3 Å². The van der Waals surface area contributed by atoms with Gasteiger partial charge in [-0.1, -0.05) is 0 Å². The number of quaternary nitrogens is 1. The summed E-state index contributed by atoms with van der Waals surface area (Å²) in [5.74, 6) is 0. The molecule has 1 atom stereocenters. The second kappa shape index (κ2) is 3.70. The minimum atomic E-state index is -3.83. The number of piperidine rings is 1. The van der Waals surface area contributed by atoms with Gasteiger partial charge in [-0.15, -0.1) is 0 Å². The third-order valence-electron chi connectivity index (χ3n) is 2.96. The monoisotopic (exact) mass is 208 g/mol. The smallest absolute Gasteiger partial charge is 0.326 e. The third kappa shape index (κ3) is 3.39. The van der Waals surface area contributed by atoms with E-state index in [1.807, 2.05) is 0 Å². The maximum absolute atomic E-state index is 10.9. The van der Waals surface area contributed by atoms with Crippen molar-refractivity contribution in [1.29, 1.82) is 0 Å². The van der Waals surface area contributed by atoms with E-state index in [0.29, 0.717) is 0 Å². The van der Waals surface area contributed by atoms with Crippen molar-refractivity contribution in [3.05, 3.63) is 0 Å². The van der Waals surface area contributed by atoms with Gasteiger partial charge in [-0.05, 0) is 12.8 Å². The first-order chi connectivity index (χ1) is 5.81. The minimum Gasteiger partial charge on any atom is -0.326 e. The van der Waals surface area contributed by atoms with Crippen LogP contribution in [0.3, 0.4) is 0 Å². The number of rotatable bonds is 2. The van der Waals surface area contributed by atoms with Gasteiger partial charge in [-0.25, -0.2) is 0 Å². The Morgan fingerprint density at radius 3 is 2.46 bits per heavy atom. The van der Waals surface area contributed by atoms with Crippen molar-refractivity contribution in [2.75, 3.05) is 26.8 Å². The first-order valence-corrected chi connectivity index (χ1v) is 6.48. The molecule has 1 fully saturated rings. The van der Waals surface area contributed by atoms with Crippen molar-refractivity contribution in [2.24, 2.45) is 0 Å². The molecule has 0 aromatic carbocycles. The molecular formula is C8H19NO3P+. The van der Waals surface area contributed by atoms with Crippen molar-refractivity contribution >= 4 is 7.60 Å². The lowest BCUT2D eigenvalue weighted by Crippen LogP contribution is -2.53. The van der Waals surface area contributed by atoms with Crippen LogP contribution >= 0.6 is 7.60 Å². The van der Waals surface area contributed by atoms with E-state index in [2.05, 4.69) is 14.1 Å². The summed E-state index contributed by atoms with van der Waals surface area (Å²) in [4.78, 5) is 17.8. The zero-order chi connectivity index (χ0) is 10.1. The summed E-state index contributed by atoms with van der Waals surface area (Å²) >= 11 is 0. The Balaban J connectivity index is 2.61. The molecule has 2 N–H and O–H groups in total. The first kappa shape index (κ1) is 11.2. The van der Waals surface area contributed by atoms with Crippen molar-refractivity contribution in [2.45, 2.75) is 25.3 Å². The van der Waals surface area contributed by atoms with Crippen molar-refractivity contribution in [1.82, 2.24) is 0 Å². The van der Waals surface area contributed by atoms with E-state index < -0.39 is 7.60 Å². The second-order valence-corrected chi connectivity index (χ2v) is 6.19. The van der Waals surface area contributed by atoms with E-state index in [4.69, 9.17) is 9.79 Å². The Labute approximate surface area is 79.3 Å². The van der Waals surface area contributed by atoms with E-state index in [-0.39, 0.29) is 12.2 Å². The lowest BCUT2D eigenvalue weighted by atomic mass is 10.0. The fraction of sp³-hybridized carbons (Fsp3) is 1.00. The van der Waals surface area contributed by atoms with Crippen LogP contribution in [0, 0.1) is 0 Å². The third-order valence-corrected chi connectivity index (χ3v) is 3.86. The van der Waals surface area contributed by atoms with Crippen LogP contribution in [-0.2, 0) is 4.57 Å². The Hall–Kier alpha value is 0.110. The van der Waals surface area contributed by atoms with Gasteiger partial charge in [0.1, 0.15) is 12.2 Å². The highest BCUT2D eigenvalue weighted by Crippen LogP contribution is 2.39. The molecule has 1 unspecified atom stereocenters. The van der Waals surface area contributed by atoms with Crippen LogP contribution in [0.1, 0.15) is 19.3 Å². The molecule has 1 heterocycles. The molecule has 5 heteroatoms. The van der Waals surface area contributed by atoms with Gasteiger partial charge in [0.05, 0.1) is 20.6 Å². The molecular weight excluding hydrogens is 189 g/mol. The van der Waals surface area contributed by atoms with Crippen LogP contribution in [0.5, 0.6) is 0 Å². The Morgan fingerprint density at radius 2 is 2.00 bits per heavy atom. The van der Waals surface area contributed by atoms with Crippen LogP contribution in [0.25, 0.3) is 0 Å². The average molecular weight is 208 g/mol. The van der Waals surface area contributed by atoms with Crippen LogP contribution in [0.15, 0.2) is 0 Å². The van der Waals surface area contributed by atoms with Gasteiger partial charge in [0.15, 0.2) is 0 Å². The fourth-order valence-corrected chi connectivity index (χ4v) is 3.19. The molecule has 1 aliphatic heterocycles. The van der Waals surface area contributed by atoms with Crippen LogP contribution < -0.4 is 0 Å². The molecule has 1 aliphatic rings. The molecule has 0 aromatic rings. The molecule has 0 saturated carbocycles. The highest BCUT2D eigenvalue weighted by Gasteiger charge is 2.36. The number of nitrogens with zero attached hydrogens (tertiary/aromatic N) is 1. The highest BCUT2D eigenvalue weighted by molar-refractivity contribution is 7.51. The zero-order valence-electron chi connectivity index (χ0n) is 8.31. The fourth-order valence-electron chi connectivity index (χ4n) is 2.02. The molecule has 13 heavy (non-hydrogen) atoms. The Kier molecular flexibility index (Phi) is 3.18. The summed E-state index contributed by atoms with van der Waals surface area (Å²) in [6.45, 7) is 1.03. The van der Waals surface area contributed by atoms with E-state index in [9.17, 15) is 4.57 Å². The molecule has 0 spiro atoms. The maximum Gasteiger partial charge on any atom is 0.331 e. The van der Waals surface area contributed by atoms with E-state index in [0.717, 1.165) is 23.9 Å². The van der Waals surface area contributed by atoms with Crippen molar-refractivity contribution in [3.8, 4) is 0 Å². The lowest BCUT2D eigenvalue weighted by Gasteiger charge is -2.41. The molecule has 0 aliphatic carbocycles. The summed E-state index contributed by atoms with van der Waals surface area (Å²) in [6.07, 6.45) is 3.26. The zero-order valence-corrected chi connectivity index (χ0v) is 9.20. The minimum absolute atomic E-state index is 0.0417. The van der Waals surface area contributed by atoms with Crippen LogP contribution in [0.2, 0.25) is 0 Å². The summed E-state index contributed by atoms with van der Waals surface area (Å²) in [7, 11) is 0.280. The molecule has 0 amide bonds. The van der Waals surface area contributed by atoms with Crippen molar-refractivity contribution < 1.29 is 18.8 Å². The standard InChI is InChI=1S/C8H18NO3P/c1-9(2)6-4-3-5-8(9)7-13(10,11)12/h8H,3-7H2,1-2H3,(H-,10,11,12)/p+1. The molecule has 0 radical (unpaired) electrons. The predicted molar refractivity (Wildman–Crippen MR) is 51.5 cm³/mol. The number of likely N-dealkylation sites (tertiary alicyclic amines) is 1. The van der Waals surface area contributed by atoms with Crippen LogP contribution in [0.4, 0.5) is 0 Å². The van der Waals surface area contributed by atoms with Gasteiger partial charge in [0.25, 0.3) is 0 Å². The first-order valence-electron chi connectivity index (χ1n) is 4.68. The maximum atomic E-state index is 10.9. The topological polar surface area (TPSA) is 57.5 Å². The molecule has 0 bridgehead atoms. The molecule has 0 aromatic heterocycles. The molecule has 1 rings (SSSR count). The average Bonchev–Trinajstić information content (AvgIpc) is 1.91. The van der Waals surface area contributed by atoms with E-state index in [1.54, 1.807) is 0 Å². The molecule has 4 nitrogen and oxygen atoms in total. The summed E-state index contributed by atoms with van der Waals surface area (Å²) < 4.78 is 11.6. The number of hydrogen-bond donors (Lipinski definition) is 2. The molecule has 78 valence electrons. The van der Waals surface area contributed by atoms with Crippen LogP contribution in [-0.4, -0.2) is 47.1 Å². The van der Waals surface area contributed by atoms with Crippen molar-refractivity contribution in [3.63, 3.8) is 0 Å². The Morgan fingerprint density at radius 1 is 1.38 bits per heavy atom. The SMILES string of the molecule is C[N+]1(C)CCCCC1CP(=O)(O)O. The number of hydrogen-bond acceptors (Lipinski definition) is 1. The van der Waals surface area contributed by atoms with Gasteiger partial charge in [0.2, 0.25) is 0 Å². The quantitative estimate of drug-likeness (QED) is 0.521. The van der Waals surface area contributed by atoms with Gasteiger partial charge >= 0.3 is 7.60 Å². The van der Waals surface area contributed by atoms with Gasteiger partial charge in [-0.2, -0.15) is 0 Å². The van der Waals surface area contributed by atoms with E-state index >= 15 is 0 Å². The largest absolute Gasteiger partial charge is 0.331 e. The summed E-state index contributed by atoms with van der Waals surface area (Å²) in [6, 6.07) is 0.134. The summed E-state index contributed by atoms with van der Waals surface area (Å²) in [5.41, 5.74) is 0. The van der Waals surface area contributed by atoms with Gasteiger partial charge in [-0.3, -0.25) is 4.57 Å². The van der Waals surface area contributed by atoms with E-state index in [1.165, 1.54) is 6.42 Å². The normalized spacial score (nSPS) is 28.8. The summed E-state index contributed by atoms with van der Waals surface area (Å²) in [5, 5.41) is 0.